The number of amides is 1. The van der Waals surface area contributed by atoms with Crippen LogP contribution in [0, 0.1) is 5.92 Å². The molecule has 0 aromatic heterocycles. The largest absolute Gasteiger partial charge is 0.352 e. The van der Waals surface area contributed by atoms with E-state index in [9.17, 15) is 4.79 Å². The molecule has 1 amide bonds. The van der Waals surface area contributed by atoms with Crippen LogP contribution in [0.25, 0.3) is 0 Å². The highest BCUT2D eigenvalue weighted by atomic mass is 16.1. The Hall–Kier alpha value is -1.35. The zero-order valence-electron chi connectivity index (χ0n) is 9.96. The van der Waals surface area contributed by atoms with E-state index in [0.29, 0.717) is 5.92 Å². The predicted octanol–water partition coefficient (Wildman–Crippen LogP) is 1.12. The van der Waals surface area contributed by atoms with Crippen LogP contribution >= 0.6 is 0 Å². The van der Waals surface area contributed by atoms with Crippen molar-refractivity contribution in [1.82, 2.24) is 10.6 Å². The van der Waals surface area contributed by atoms with Gasteiger partial charge in [-0.2, -0.15) is 0 Å². The summed E-state index contributed by atoms with van der Waals surface area (Å²) in [6.45, 7) is 2.86. The number of hydrogen-bond acceptors (Lipinski definition) is 2. The van der Waals surface area contributed by atoms with E-state index in [2.05, 4.69) is 22.8 Å². The Morgan fingerprint density at radius 3 is 2.88 bits per heavy atom. The van der Waals surface area contributed by atoms with Gasteiger partial charge in [0.25, 0.3) is 5.91 Å². The van der Waals surface area contributed by atoms with Crippen molar-refractivity contribution in [2.45, 2.75) is 19.3 Å². The van der Waals surface area contributed by atoms with E-state index in [4.69, 9.17) is 0 Å². The van der Waals surface area contributed by atoms with E-state index >= 15 is 0 Å². The van der Waals surface area contributed by atoms with Crippen LogP contribution < -0.4 is 10.6 Å². The third-order valence-electron chi connectivity index (χ3n) is 3.78. The van der Waals surface area contributed by atoms with Crippen molar-refractivity contribution in [2.75, 3.05) is 19.6 Å². The van der Waals surface area contributed by atoms with Gasteiger partial charge in [-0.15, -0.1) is 0 Å². The molecule has 1 aromatic rings. The van der Waals surface area contributed by atoms with Crippen LogP contribution in [0.2, 0.25) is 0 Å². The molecule has 90 valence electrons. The zero-order chi connectivity index (χ0) is 11.7. The summed E-state index contributed by atoms with van der Waals surface area (Å²) in [5, 5.41) is 6.22. The van der Waals surface area contributed by atoms with Crippen LogP contribution in [0.1, 0.15) is 27.9 Å². The SMILES string of the molecule is O=C(NCC1CNC1)c1ccc2c(c1)CCC2. The lowest BCUT2D eigenvalue weighted by atomic mass is 10.0. The lowest BCUT2D eigenvalue weighted by Crippen LogP contribution is -2.48. The van der Waals surface area contributed by atoms with Gasteiger partial charge in [0.1, 0.15) is 0 Å². The molecule has 1 aliphatic carbocycles. The van der Waals surface area contributed by atoms with Crippen LogP contribution in [0.4, 0.5) is 0 Å². The van der Waals surface area contributed by atoms with E-state index in [1.165, 1.54) is 24.0 Å². The Morgan fingerprint density at radius 2 is 2.12 bits per heavy atom. The molecule has 0 spiro atoms. The molecule has 2 N–H and O–H groups in total. The molecule has 17 heavy (non-hydrogen) atoms. The third-order valence-corrected chi connectivity index (χ3v) is 3.78. The minimum Gasteiger partial charge on any atom is -0.352 e. The molecule has 3 nitrogen and oxygen atoms in total. The average molecular weight is 230 g/mol. The number of hydrogen-bond donors (Lipinski definition) is 2. The Balaban J connectivity index is 1.64. The summed E-state index contributed by atoms with van der Waals surface area (Å²) < 4.78 is 0. The molecule has 0 saturated carbocycles. The van der Waals surface area contributed by atoms with Crippen molar-refractivity contribution in [3.63, 3.8) is 0 Å². The molecule has 1 fully saturated rings. The first-order chi connectivity index (χ1) is 8.33. The molecule has 0 atom stereocenters. The van der Waals surface area contributed by atoms with Crippen LogP contribution in [-0.2, 0) is 12.8 Å². The van der Waals surface area contributed by atoms with Crippen LogP contribution in [0.15, 0.2) is 18.2 Å². The second-order valence-electron chi connectivity index (χ2n) is 5.07. The topological polar surface area (TPSA) is 41.1 Å². The molecule has 2 aliphatic rings. The number of rotatable bonds is 3. The van der Waals surface area contributed by atoms with Gasteiger partial charge in [-0.1, -0.05) is 6.07 Å². The van der Waals surface area contributed by atoms with E-state index in [1.807, 2.05) is 6.07 Å². The van der Waals surface area contributed by atoms with E-state index < -0.39 is 0 Å². The highest BCUT2D eigenvalue weighted by Crippen LogP contribution is 2.22. The maximum absolute atomic E-state index is 12.0. The van der Waals surface area contributed by atoms with Crippen LogP contribution in [-0.4, -0.2) is 25.5 Å². The summed E-state index contributed by atoms with van der Waals surface area (Å²) in [4.78, 5) is 12.0. The van der Waals surface area contributed by atoms with Gasteiger partial charge in [0.05, 0.1) is 0 Å². The van der Waals surface area contributed by atoms with Crippen molar-refractivity contribution in [3.8, 4) is 0 Å². The Kier molecular flexibility index (Phi) is 2.85. The van der Waals surface area contributed by atoms with Gasteiger partial charge in [0.2, 0.25) is 0 Å². The highest BCUT2D eigenvalue weighted by molar-refractivity contribution is 5.94. The molecule has 1 heterocycles. The van der Waals surface area contributed by atoms with Crippen molar-refractivity contribution in [1.29, 1.82) is 0 Å². The molecular weight excluding hydrogens is 212 g/mol. The summed E-state index contributed by atoms with van der Waals surface area (Å²) >= 11 is 0. The van der Waals surface area contributed by atoms with Gasteiger partial charge in [-0.25, -0.2) is 0 Å². The molecular formula is C14H18N2O. The fourth-order valence-electron chi connectivity index (χ4n) is 2.54. The molecule has 1 saturated heterocycles. The molecule has 3 rings (SSSR count). The van der Waals surface area contributed by atoms with E-state index in [1.54, 1.807) is 0 Å². The van der Waals surface area contributed by atoms with E-state index in [-0.39, 0.29) is 5.91 Å². The van der Waals surface area contributed by atoms with Gasteiger partial charge < -0.3 is 10.6 Å². The van der Waals surface area contributed by atoms with Gasteiger partial charge in [0, 0.05) is 31.1 Å². The zero-order valence-corrected chi connectivity index (χ0v) is 9.96. The Bertz CT molecular complexity index is 438. The van der Waals surface area contributed by atoms with Gasteiger partial charge in [0.15, 0.2) is 0 Å². The van der Waals surface area contributed by atoms with E-state index in [0.717, 1.165) is 31.6 Å². The van der Waals surface area contributed by atoms with Crippen LogP contribution in [0.5, 0.6) is 0 Å². The summed E-state index contributed by atoms with van der Waals surface area (Å²) in [5.41, 5.74) is 3.60. The highest BCUT2D eigenvalue weighted by Gasteiger charge is 2.18. The summed E-state index contributed by atoms with van der Waals surface area (Å²) in [6.07, 6.45) is 3.53. The maximum atomic E-state index is 12.0. The van der Waals surface area contributed by atoms with Gasteiger partial charge in [-0.3, -0.25) is 4.79 Å². The summed E-state index contributed by atoms with van der Waals surface area (Å²) in [7, 11) is 0. The predicted molar refractivity (Wildman–Crippen MR) is 67.2 cm³/mol. The first-order valence-corrected chi connectivity index (χ1v) is 6.43. The van der Waals surface area contributed by atoms with Gasteiger partial charge in [-0.05, 0) is 42.5 Å². The standard InChI is InChI=1S/C14H18N2O/c17-14(16-9-10-7-15-8-10)13-5-4-11-2-1-3-12(11)6-13/h4-6,10,15H,1-3,7-9H2,(H,16,17). The molecule has 0 bridgehead atoms. The number of carbonyl (C=O) groups excluding carboxylic acids is 1. The van der Waals surface area contributed by atoms with Crippen molar-refractivity contribution in [2.24, 2.45) is 5.92 Å². The lowest BCUT2D eigenvalue weighted by molar-refractivity contribution is 0.0942. The minimum atomic E-state index is 0.0756. The fourth-order valence-corrected chi connectivity index (χ4v) is 2.54. The summed E-state index contributed by atoms with van der Waals surface area (Å²) in [5.74, 6) is 0.694. The maximum Gasteiger partial charge on any atom is 0.251 e. The molecule has 1 aromatic carbocycles. The first kappa shape index (κ1) is 10.8. The summed E-state index contributed by atoms with van der Waals surface area (Å²) in [6, 6.07) is 6.14. The van der Waals surface area contributed by atoms with Crippen molar-refractivity contribution in [3.05, 3.63) is 34.9 Å². The molecule has 0 unspecified atom stereocenters. The third kappa shape index (κ3) is 2.20. The molecule has 1 aliphatic heterocycles. The molecule has 0 radical (unpaired) electrons. The fraction of sp³-hybridized carbons (Fsp3) is 0.500. The second kappa shape index (κ2) is 4.49. The number of aryl methyl sites for hydroxylation is 2. The number of nitrogens with one attached hydrogen (secondary N) is 2. The average Bonchev–Trinajstić information content (AvgIpc) is 2.73. The van der Waals surface area contributed by atoms with Crippen LogP contribution in [0.3, 0.4) is 0 Å². The van der Waals surface area contributed by atoms with Crippen molar-refractivity contribution >= 4 is 5.91 Å². The van der Waals surface area contributed by atoms with Crippen molar-refractivity contribution < 1.29 is 4.79 Å². The smallest absolute Gasteiger partial charge is 0.251 e. The number of benzene rings is 1. The Morgan fingerprint density at radius 1 is 1.29 bits per heavy atom. The number of fused-ring (bicyclic) bond motifs is 1. The normalized spacial score (nSPS) is 18.6. The lowest BCUT2D eigenvalue weighted by Gasteiger charge is -2.27. The quantitative estimate of drug-likeness (QED) is 0.817. The number of carbonyl (C=O) groups is 1. The second-order valence-corrected chi connectivity index (χ2v) is 5.07. The Labute approximate surface area is 102 Å². The first-order valence-electron chi connectivity index (χ1n) is 6.43. The van der Waals surface area contributed by atoms with Gasteiger partial charge >= 0.3 is 0 Å². The minimum absolute atomic E-state index is 0.0756. The molecule has 3 heteroatoms. The monoisotopic (exact) mass is 230 g/mol.